The van der Waals surface area contributed by atoms with E-state index in [1.165, 1.54) is 5.56 Å². The van der Waals surface area contributed by atoms with Crippen LogP contribution in [0.3, 0.4) is 0 Å². The Hall–Kier alpha value is -1.14. The van der Waals surface area contributed by atoms with Crippen molar-refractivity contribution in [2.75, 3.05) is 26.8 Å². The monoisotopic (exact) mass is 270 g/mol. The van der Waals surface area contributed by atoms with Gasteiger partial charge < -0.3 is 15.4 Å². The number of nitrogens with zero attached hydrogens (tertiary/aromatic N) is 2. The van der Waals surface area contributed by atoms with Crippen LogP contribution in [0.15, 0.2) is 12.4 Å². The third-order valence-electron chi connectivity index (χ3n) is 2.42. The molecule has 18 heavy (non-hydrogen) atoms. The summed E-state index contributed by atoms with van der Waals surface area (Å²) in [5.41, 5.74) is 1.19. The Balaban J connectivity index is 1.98. The Morgan fingerprint density at radius 1 is 1.39 bits per heavy atom. The second-order valence-electron chi connectivity index (χ2n) is 4.16. The fourth-order valence-electron chi connectivity index (χ4n) is 1.51. The molecular formula is C12H22N4OS. The summed E-state index contributed by atoms with van der Waals surface area (Å²) in [7, 11) is 1.70. The predicted octanol–water partition coefficient (Wildman–Crippen LogP) is 1.08. The van der Waals surface area contributed by atoms with Gasteiger partial charge in [0.1, 0.15) is 0 Å². The standard InChI is InChI=1S/C12H22N4OS/c1-11-9-15-16(10-11)7-3-5-13-12(18)14-6-4-8-17-2/h9-10H,3-8H2,1-2H3,(H2,13,14,18). The molecule has 6 heteroatoms. The Labute approximate surface area is 114 Å². The van der Waals surface area contributed by atoms with Crippen molar-refractivity contribution >= 4 is 17.3 Å². The van der Waals surface area contributed by atoms with Gasteiger partial charge in [-0.3, -0.25) is 4.68 Å². The van der Waals surface area contributed by atoms with Crippen molar-refractivity contribution < 1.29 is 4.74 Å². The highest BCUT2D eigenvalue weighted by molar-refractivity contribution is 7.80. The van der Waals surface area contributed by atoms with E-state index in [9.17, 15) is 0 Å². The van der Waals surface area contributed by atoms with Crippen LogP contribution in [0, 0.1) is 6.92 Å². The maximum atomic E-state index is 5.15. The molecule has 0 bridgehead atoms. The Morgan fingerprint density at radius 3 is 2.72 bits per heavy atom. The largest absolute Gasteiger partial charge is 0.385 e. The van der Waals surface area contributed by atoms with Crippen LogP contribution in [-0.4, -0.2) is 41.7 Å². The summed E-state index contributed by atoms with van der Waals surface area (Å²) in [5, 5.41) is 11.3. The van der Waals surface area contributed by atoms with Gasteiger partial charge in [-0.1, -0.05) is 0 Å². The first-order valence-corrected chi connectivity index (χ1v) is 6.63. The molecule has 102 valence electrons. The van der Waals surface area contributed by atoms with E-state index in [4.69, 9.17) is 17.0 Å². The topological polar surface area (TPSA) is 51.1 Å². The number of rotatable bonds is 8. The van der Waals surface area contributed by atoms with E-state index in [2.05, 4.69) is 15.7 Å². The summed E-state index contributed by atoms with van der Waals surface area (Å²) in [5.74, 6) is 0. The number of aromatic nitrogens is 2. The number of methoxy groups -OCH3 is 1. The molecule has 0 saturated carbocycles. The van der Waals surface area contributed by atoms with Gasteiger partial charge in [0.25, 0.3) is 0 Å². The molecule has 1 aromatic rings. The molecule has 2 N–H and O–H groups in total. The van der Waals surface area contributed by atoms with Crippen LogP contribution in [0.4, 0.5) is 0 Å². The minimum absolute atomic E-state index is 0.711. The number of aryl methyl sites for hydroxylation is 2. The lowest BCUT2D eigenvalue weighted by molar-refractivity contribution is 0.195. The molecule has 0 aliphatic rings. The van der Waals surface area contributed by atoms with Crippen LogP contribution in [0.2, 0.25) is 0 Å². The first-order valence-electron chi connectivity index (χ1n) is 6.22. The fraction of sp³-hybridized carbons (Fsp3) is 0.667. The second-order valence-corrected chi connectivity index (χ2v) is 4.57. The van der Waals surface area contributed by atoms with Crippen molar-refractivity contribution in [1.29, 1.82) is 0 Å². The first kappa shape index (κ1) is 14.9. The van der Waals surface area contributed by atoms with Crippen LogP contribution < -0.4 is 10.6 Å². The number of nitrogens with one attached hydrogen (secondary N) is 2. The summed E-state index contributed by atoms with van der Waals surface area (Å²) in [4.78, 5) is 0. The number of hydrogen-bond acceptors (Lipinski definition) is 3. The van der Waals surface area contributed by atoms with E-state index in [0.717, 1.165) is 39.1 Å². The average Bonchev–Trinajstić information content (AvgIpc) is 2.76. The molecule has 5 nitrogen and oxygen atoms in total. The number of thiocarbonyl (C=S) groups is 1. The van der Waals surface area contributed by atoms with E-state index in [0.29, 0.717) is 5.11 Å². The van der Waals surface area contributed by atoms with Crippen molar-refractivity contribution in [3.05, 3.63) is 18.0 Å². The maximum Gasteiger partial charge on any atom is 0.166 e. The van der Waals surface area contributed by atoms with Crippen LogP contribution >= 0.6 is 12.2 Å². The molecule has 0 saturated heterocycles. The molecule has 0 spiro atoms. The highest BCUT2D eigenvalue weighted by Gasteiger charge is 1.96. The van der Waals surface area contributed by atoms with Gasteiger partial charge in [0, 0.05) is 39.5 Å². The van der Waals surface area contributed by atoms with Crippen LogP contribution in [0.25, 0.3) is 0 Å². The van der Waals surface area contributed by atoms with Gasteiger partial charge in [-0.15, -0.1) is 0 Å². The van der Waals surface area contributed by atoms with Gasteiger partial charge in [0.15, 0.2) is 5.11 Å². The van der Waals surface area contributed by atoms with Crippen molar-refractivity contribution in [3.63, 3.8) is 0 Å². The lowest BCUT2D eigenvalue weighted by Crippen LogP contribution is -2.36. The number of hydrogen-bond donors (Lipinski definition) is 2. The van der Waals surface area contributed by atoms with E-state index < -0.39 is 0 Å². The summed E-state index contributed by atoms with van der Waals surface area (Å²) in [6.07, 6.45) is 5.88. The lowest BCUT2D eigenvalue weighted by atomic mass is 10.4. The van der Waals surface area contributed by atoms with E-state index in [1.807, 2.05) is 24.0 Å². The third kappa shape index (κ3) is 6.56. The van der Waals surface area contributed by atoms with E-state index >= 15 is 0 Å². The van der Waals surface area contributed by atoms with Gasteiger partial charge in [-0.05, 0) is 37.5 Å². The van der Waals surface area contributed by atoms with Crippen molar-refractivity contribution in [2.24, 2.45) is 0 Å². The van der Waals surface area contributed by atoms with Gasteiger partial charge in [0.05, 0.1) is 6.20 Å². The summed E-state index contributed by atoms with van der Waals surface area (Å²) in [6.45, 7) is 5.41. The van der Waals surface area contributed by atoms with Gasteiger partial charge in [-0.2, -0.15) is 5.10 Å². The molecule has 0 amide bonds. The molecule has 0 aliphatic carbocycles. The highest BCUT2D eigenvalue weighted by Crippen LogP contribution is 1.95. The zero-order chi connectivity index (χ0) is 13.2. The Kier molecular flexibility index (Phi) is 7.36. The molecule has 0 atom stereocenters. The second kappa shape index (κ2) is 8.88. The minimum atomic E-state index is 0.711. The zero-order valence-electron chi connectivity index (χ0n) is 11.1. The lowest BCUT2D eigenvalue weighted by Gasteiger charge is -2.10. The van der Waals surface area contributed by atoms with Gasteiger partial charge in [-0.25, -0.2) is 0 Å². The SMILES string of the molecule is COCCCNC(=S)NCCCn1cc(C)cn1. The van der Waals surface area contributed by atoms with Crippen molar-refractivity contribution in [2.45, 2.75) is 26.3 Å². The molecule has 1 aromatic heterocycles. The third-order valence-corrected chi connectivity index (χ3v) is 2.71. The van der Waals surface area contributed by atoms with Gasteiger partial charge >= 0.3 is 0 Å². The molecule has 0 aromatic carbocycles. The molecule has 1 heterocycles. The van der Waals surface area contributed by atoms with Crippen LogP contribution in [-0.2, 0) is 11.3 Å². The predicted molar refractivity (Wildman–Crippen MR) is 76.7 cm³/mol. The maximum absolute atomic E-state index is 5.15. The van der Waals surface area contributed by atoms with Crippen molar-refractivity contribution in [3.8, 4) is 0 Å². The molecule has 1 rings (SSSR count). The fourth-order valence-corrected chi connectivity index (χ4v) is 1.72. The normalized spacial score (nSPS) is 10.3. The summed E-state index contributed by atoms with van der Waals surface area (Å²) in [6, 6.07) is 0. The molecule has 0 aliphatic heterocycles. The highest BCUT2D eigenvalue weighted by atomic mass is 32.1. The Morgan fingerprint density at radius 2 is 2.11 bits per heavy atom. The molecule has 0 fully saturated rings. The zero-order valence-corrected chi connectivity index (χ0v) is 11.9. The summed E-state index contributed by atoms with van der Waals surface area (Å²) >= 11 is 5.15. The van der Waals surface area contributed by atoms with Crippen LogP contribution in [0.1, 0.15) is 18.4 Å². The Bertz CT molecular complexity index is 354. The first-order chi connectivity index (χ1) is 8.72. The van der Waals surface area contributed by atoms with Crippen molar-refractivity contribution in [1.82, 2.24) is 20.4 Å². The molecular weight excluding hydrogens is 248 g/mol. The minimum Gasteiger partial charge on any atom is -0.385 e. The van der Waals surface area contributed by atoms with Gasteiger partial charge in [0.2, 0.25) is 0 Å². The number of ether oxygens (including phenoxy) is 1. The smallest absolute Gasteiger partial charge is 0.166 e. The average molecular weight is 270 g/mol. The summed E-state index contributed by atoms with van der Waals surface area (Å²) < 4.78 is 6.91. The van der Waals surface area contributed by atoms with E-state index in [-0.39, 0.29) is 0 Å². The molecule has 0 radical (unpaired) electrons. The van der Waals surface area contributed by atoms with E-state index in [1.54, 1.807) is 7.11 Å². The molecule has 0 unspecified atom stereocenters. The quantitative estimate of drug-likeness (QED) is 0.547. The van der Waals surface area contributed by atoms with Crippen LogP contribution in [0.5, 0.6) is 0 Å².